The molecule has 0 aromatic heterocycles. The smallest absolute Gasteiger partial charge is 0.335 e. The minimum absolute atomic E-state index is 0.0195. The second kappa shape index (κ2) is 5.95. The van der Waals surface area contributed by atoms with E-state index in [1.807, 2.05) is 6.07 Å². The Balaban J connectivity index is 2.00. The third kappa shape index (κ3) is 3.29. The van der Waals surface area contributed by atoms with Gasteiger partial charge in [0.15, 0.2) is 0 Å². The molecule has 0 aliphatic carbocycles. The number of ether oxygens (including phenoxy) is 1. The first-order chi connectivity index (χ1) is 8.69. The molecule has 0 bridgehead atoms. The predicted molar refractivity (Wildman–Crippen MR) is 65.5 cm³/mol. The zero-order valence-corrected chi connectivity index (χ0v) is 10.1. The number of carboxylic acid groups (broad SMARTS) is 1. The van der Waals surface area contributed by atoms with E-state index < -0.39 is 5.97 Å². The minimum atomic E-state index is -0.910. The van der Waals surface area contributed by atoms with Gasteiger partial charge in [-0.15, -0.1) is 0 Å². The highest BCUT2D eigenvalue weighted by atomic mass is 16.5. The summed E-state index contributed by atoms with van der Waals surface area (Å²) in [5.41, 5.74) is 1.27. The second-order valence-corrected chi connectivity index (χ2v) is 4.42. The molecule has 1 unspecified atom stereocenters. The van der Waals surface area contributed by atoms with Gasteiger partial charge in [0, 0.05) is 19.6 Å². The van der Waals surface area contributed by atoms with Crippen LogP contribution >= 0.6 is 0 Å². The van der Waals surface area contributed by atoms with Crippen LogP contribution < -0.4 is 0 Å². The van der Waals surface area contributed by atoms with Gasteiger partial charge in [0.05, 0.1) is 24.9 Å². The summed E-state index contributed by atoms with van der Waals surface area (Å²) in [5.74, 6) is -0.910. The summed E-state index contributed by atoms with van der Waals surface area (Å²) in [6, 6.07) is 6.94. The number of carboxylic acids is 1. The van der Waals surface area contributed by atoms with Crippen molar-refractivity contribution in [2.45, 2.75) is 12.6 Å². The van der Waals surface area contributed by atoms with E-state index >= 15 is 0 Å². The predicted octanol–water partition coefficient (Wildman–Crippen LogP) is 0.578. The van der Waals surface area contributed by atoms with Gasteiger partial charge in [0.2, 0.25) is 0 Å². The maximum Gasteiger partial charge on any atom is 0.335 e. The Morgan fingerprint density at radius 3 is 3.06 bits per heavy atom. The summed E-state index contributed by atoms with van der Waals surface area (Å²) in [6.07, 6.45) is -0.138. The highest BCUT2D eigenvalue weighted by molar-refractivity contribution is 5.87. The Morgan fingerprint density at radius 2 is 2.33 bits per heavy atom. The molecule has 1 saturated heterocycles. The number of rotatable bonds is 4. The molecule has 1 aromatic rings. The number of hydrogen-bond acceptors (Lipinski definition) is 4. The molecule has 18 heavy (non-hydrogen) atoms. The van der Waals surface area contributed by atoms with Crippen molar-refractivity contribution in [3.05, 3.63) is 35.4 Å². The zero-order valence-electron chi connectivity index (χ0n) is 10.1. The molecule has 0 amide bonds. The van der Waals surface area contributed by atoms with Gasteiger partial charge in [-0.2, -0.15) is 0 Å². The van der Waals surface area contributed by atoms with Crippen molar-refractivity contribution in [3.8, 4) is 0 Å². The van der Waals surface area contributed by atoms with E-state index in [1.54, 1.807) is 18.2 Å². The van der Waals surface area contributed by atoms with Crippen LogP contribution in [0.1, 0.15) is 15.9 Å². The second-order valence-electron chi connectivity index (χ2n) is 4.42. The standard InChI is InChI=1S/C13H17NO4/c15-9-12-8-14(4-5-18-12)7-10-2-1-3-11(6-10)13(16)17/h1-3,6,12,15H,4-5,7-9H2,(H,16,17). The fourth-order valence-corrected chi connectivity index (χ4v) is 2.10. The number of morpholine rings is 1. The number of benzene rings is 1. The first-order valence-electron chi connectivity index (χ1n) is 5.96. The molecule has 1 atom stereocenters. The van der Waals surface area contributed by atoms with Gasteiger partial charge in [-0.1, -0.05) is 12.1 Å². The van der Waals surface area contributed by atoms with Gasteiger partial charge in [-0.05, 0) is 17.7 Å². The normalized spacial score (nSPS) is 20.8. The monoisotopic (exact) mass is 251 g/mol. The molecule has 0 saturated carbocycles. The summed E-state index contributed by atoms with van der Waals surface area (Å²) >= 11 is 0. The molecule has 1 aliphatic heterocycles. The van der Waals surface area contributed by atoms with E-state index in [-0.39, 0.29) is 12.7 Å². The van der Waals surface area contributed by atoms with Crippen LogP contribution in [-0.2, 0) is 11.3 Å². The lowest BCUT2D eigenvalue weighted by Gasteiger charge is -2.32. The molecule has 98 valence electrons. The molecule has 2 N–H and O–H groups in total. The van der Waals surface area contributed by atoms with Crippen molar-refractivity contribution >= 4 is 5.97 Å². The van der Waals surface area contributed by atoms with Crippen molar-refractivity contribution < 1.29 is 19.7 Å². The average Bonchev–Trinajstić information content (AvgIpc) is 2.39. The van der Waals surface area contributed by atoms with Gasteiger partial charge >= 0.3 is 5.97 Å². The fourth-order valence-electron chi connectivity index (χ4n) is 2.10. The molecule has 0 spiro atoms. The molecular weight excluding hydrogens is 234 g/mol. The minimum Gasteiger partial charge on any atom is -0.478 e. The maximum absolute atomic E-state index is 10.9. The van der Waals surface area contributed by atoms with Crippen molar-refractivity contribution in [2.75, 3.05) is 26.3 Å². The molecule has 5 heteroatoms. The number of aliphatic hydroxyl groups excluding tert-OH is 1. The van der Waals surface area contributed by atoms with E-state index in [0.717, 1.165) is 12.1 Å². The number of nitrogens with zero attached hydrogens (tertiary/aromatic N) is 1. The molecule has 5 nitrogen and oxygen atoms in total. The first-order valence-corrected chi connectivity index (χ1v) is 5.96. The first kappa shape index (κ1) is 13.0. The molecule has 2 rings (SSSR count). The van der Waals surface area contributed by atoms with Crippen LogP contribution in [-0.4, -0.2) is 53.5 Å². The van der Waals surface area contributed by atoms with Crippen LogP contribution in [0, 0.1) is 0 Å². The number of aromatic carboxylic acids is 1. The summed E-state index contributed by atoms with van der Waals surface area (Å²) in [6.45, 7) is 2.78. The number of carbonyl (C=O) groups is 1. The van der Waals surface area contributed by atoms with E-state index in [9.17, 15) is 4.79 Å². The summed E-state index contributed by atoms with van der Waals surface area (Å²) < 4.78 is 5.37. The van der Waals surface area contributed by atoms with Crippen LogP contribution in [0.2, 0.25) is 0 Å². The lowest BCUT2D eigenvalue weighted by molar-refractivity contribution is -0.0551. The lowest BCUT2D eigenvalue weighted by atomic mass is 10.1. The number of hydrogen-bond donors (Lipinski definition) is 2. The van der Waals surface area contributed by atoms with Crippen LogP contribution in [0.5, 0.6) is 0 Å². The highest BCUT2D eigenvalue weighted by Crippen LogP contribution is 2.12. The largest absolute Gasteiger partial charge is 0.478 e. The molecule has 0 radical (unpaired) electrons. The Morgan fingerprint density at radius 1 is 1.50 bits per heavy atom. The quantitative estimate of drug-likeness (QED) is 0.819. The molecule has 1 fully saturated rings. The third-order valence-electron chi connectivity index (χ3n) is 3.01. The summed E-state index contributed by atoms with van der Waals surface area (Å²) in [7, 11) is 0. The van der Waals surface area contributed by atoms with Crippen molar-refractivity contribution in [3.63, 3.8) is 0 Å². The molecule has 1 aromatic carbocycles. The average molecular weight is 251 g/mol. The third-order valence-corrected chi connectivity index (χ3v) is 3.01. The molecular formula is C13H17NO4. The van der Waals surface area contributed by atoms with E-state index in [1.165, 1.54) is 0 Å². The Hall–Kier alpha value is -1.43. The SMILES string of the molecule is O=C(O)c1cccc(CN2CCOC(CO)C2)c1. The fraction of sp³-hybridized carbons (Fsp3) is 0.462. The van der Waals surface area contributed by atoms with E-state index in [4.69, 9.17) is 14.9 Å². The van der Waals surface area contributed by atoms with Gasteiger partial charge in [-0.25, -0.2) is 4.79 Å². The van der Waals surface area contributed by atoms with Gasteiger partial charge in [-0.3, -0.25) is 4.90 Å². The number of aliphatic hydroxyl groups is 1. The van der Waals surface area contributed by atoms with Crippen molar-refractivity contribution in [1.29, 1.82) is 0 Å². The van der Waals surface area contributed by atoms with Crippen LogP contribution in [0.4, 0.5) is 0 Å². The van der Waals surface area contributed by atoms with Crippen molar-refractivity contribution in [2.24, 2.45) is 0 Å². The summed E-state index contributed by atoms with van der Waals surface area (Å²) in [5, 5.41) is 18.0. The molecule has 1 heterocycles. The highest BCUT2D eigenvalue weighted by Gasteiger charge is 2.19. The van der Waals surface area contributed by atoms with Gasteiger partial charge in [0.1, 0.15) is 0 Å². The topological polar surface area (TPSA) is 70.0 Å². The maximum atomic E-state index is 10.9. The van der Waals surface area contributed by atoms with Gasteiger partial charge < -0.3 is 14.9 Å². The van der Waals surface area contributed by atoms with E-state index in [0.29, 0.717) is 25.3 Å². The van der Waals surface area contributed by atoms with Crippen LogP contribution in [0.25, 0.3) is 0 Å². The van der Waals surface area contributed by atoms with Crippen LogP contribution in [0.3, 0.4) is 0 Å². The summed E-state index contributed by atoms with van der Waals surface area (Å²) in [4.78, 5) is 13.0. The molecule has 1 aliphatic rings. The Bertz CT molecular complexity index is 421. The van der Waals surface area contributed by atoms with E-state index in [2.05, 4.69) is 4.90 Å². The Labute approximate surface area is 106 Å². The van der Waals surface area contributed by atoms with Crippen molar-refractivity contribution in [1.82, 2.24) is 4.90 Å². The Kier molecular flexibility index (Phi) is 4.30. The zero-order chi connectivity index (χ0) is 13.0. The lowest BCUT2D eigenvalue weighted by Crippen LogP contribution is -2.43. The van der Waals surface area contributed by atoms with Gasteiger partial charge in [0.25, 0.3) is 0 Å². The van der Waals surface area contributed by atoms with Crippen LogP contribution in [0.15, 0.2) is 24.3 Å².